The van der Waals surface area contributed by atoms with E-state index in [1.54, 1.807) is 12.1 Å². The molecule has 2 heterocycles. The van der Waals surface area contributed by atoms with E-state index in [0.717, 1.165) is 34.3 Å². The van der Waals surface area contributed by atoms with Crippen molar-refractivity contribution in [1.82, 2.24) is 4.31 Å². The van der Waals surface area contributed by atoms with E-state index in [0.29, 0.717) is 37.6 Å². The first kappa shape index (κ1) is 23.5. The Kier molecular flexibility index (Phi) is 6.92. The van der Waals surface area contributed by atoms with E-state index in [4.69, 9.17) is 4.74 Å². The number of sulfonamides is 1. The average Bonchev–Trinajstić information content (AvgIpc) is 3.35. The van der Waals surface area contributed by atoms with Gasteiger partial charge in [-0.2, -0.15) is 0 Å². The van der Waals surface area contributed by atoms with Gasteiger partial charge in [0.1, 0.15) is 0 Å². The number of hydrogen-bond donors (Lipinski definition) is 1. The smallest absolute Gasteiger partial charge is 0.257 e. The second kappa shape index (κ2) is 9.70. The number of morpholine rings is 1. The van der Waals surface area contributed by atoms with Gasteiger partial charge in [-0.3, -0.25) is 4.79 Å². The maximum absolute atomic E-state index is 13.4. The molecule has 8 nitrogen and oxygen atoms in total. The Balaban J connectivity index is 1.66. The van der Waals surface area contributed by atoms with Crippen molar-refractivity contribution < 1.29 is 17.9 Å². The van der Waals surface area contributed by atoms with Crippen molar-refractivity contribution in [2.75, 3.05) is 68.6 Å². The zero-order valence-corrected chi connectivity index (χ0v) is 20.3. The number of carbonyl (C=O) groups excluding carboxylic acids is 1. The third-order valence-corrected chi connectivity index (χ3v) is 8.08. The monoisotopic (exact) mass is 472 g/mol. The Morgan fingerprint density at radius 1 is 0.970 bits per heavy atom. The Morgan fingerprint density at radius 2 is 1.67 bits per heavy atom. The van der Waals surface area contributed by atoms with Crippen LogP contribution in [-0.2, 0) is 14.8 Å². The molecule has 4 rings (SSSR count). The number of nitrogens with one attached hydrogen (secondary N) is 1. The number of carbonyl (C=O) groups is 1. The first-order valence-corrected chi connectivity index (χ1v) is 12.8. The molecule has 2 fully saturated rings. The van der Waals surface area contributed by atoms with Gasteiger partial charge in [0.25, 0.3) is 5.91 Å². The van der Waals surface area contributed by atoms with E-state index in [-0.39, 0.29) is 10.8 Å². The Labute approximate surface area is 196 Å². The van der Waals surface area contributed by atoms with Crippen LogP contribution in [0.4, 0.5) is 17.1 Å². The molecular formula is C24H32N4O4S. The topological polar surface area (TPSA) is 82.2 Å². The molecule has 178 valence electrons. The summed E-state index contributed by atoms with van der Waals surface area (Å²) < 4.78 is 32.1. The zero-order valence-electron chi connectivity index (χ0n) is 19.5. The molecule has 0 aliphatic carbocycles. The normalized spacial score (nSPS) is 17.0. The fourth-order valence-electron chi connectivity index (χ4n) is 4.30. The van der Waals surface area contributed by atoms with Crippen molar-refractivity contribution in [1.29, 1.82) is 0 Å². The predicted octanol–water partition coefficient (Wildman–Crippen LogP) is 2.93. The molecule has 1 amide bonds. The SMILES string of the molecule is Cc1cc(N2CCCC2)ccc1NC(=O)c1cc(S(=O)(=O)N(C)C)ccc1N1CCOCC1. The Hall–Kier alpha value is -2.62. The Bertz CT molecular complexity index is 1120. The number of ether oxygens (including phenoxy) is 1. The lowest BCUT2D eigenvalue weighted by Crippen LogP contribution is -2.37. The van der Waals surface area contributed by atoms with E-state index >= 15 is 0 Å². The molecule has 0 bridgehead atoms. The van der Waals surface area contributed by atoms with Crippen LogP contribution in [0.2, 0.25) is 0 Å². The van der Waals surface area contributed by atoms with Crippen molar-refractivity contribution >= 4 is 33.0 Å². The molecule has 2 aliphatic heterocycles. The summed E-state index contributed by atoms with van der Waals surface area (Å²) in [6.07, 6.45) is 2.40. The van der Waals surface area contributed by atoms with Crippen molar-refractivity contribution in [3.8, 4) is 0 Å². The highest BCUT2D eigenvalue weighted by Crippen LogP contribution is 2.29. The second-order valence-corrected chi connectivity index (χ2v) is 10.9. The fourth-order valence-corrected chi connectivity index (χ4v) is 5.23. The van der Waals surface area contributed by atoms with Crippen molar-refractivity contribution in [3.63, 3.8) is 0 Å². The summed E-state index contributed by atoms with van der Waals surface area (Å²) in [6.45, 7) is 6.51. The van der Waals surface area contributed by atoms with Crippen LogP contribution in [0.5, 0.6) is 0 Å². The number of aryl methyl sites for hydroxylation is 1. The zero-order chi connectivity index (χ0) is 23.6. The van der Waals surface area contributed by atoms with Crippen LogP contribution in [-0.4, -0.2) is 72.1 Å². The minimum Gasteiger partial charge on any atom is -0.378 e. The van der Waals surface area contributed by atoms with Gasteiger partial charge in [-0.1, -0.05) is 0 Å². The number of nitrogens with zero attached hydrogens (tertiary/aromatic N) is 3. The third-order valence-electron chi connectivity index (χ3n) is 6.27. The van der Waals surface area contributed by atoms with Gasteiger partial charge in [0.2, 0.25) is 10.0 Å². The van der Waals surface area contributed by atoms with E-state index < -0.39 is 10.0 Å². The molecule has 2 saturated heterocycles. The summed E-state index contributed by atoms with van der Waals surface area (Å²) >= 11 is 0. The predicted molar refractivity (Wildman–Crippen MR) is 131 cm³/mol. The highest BCUT2D eigenvalue weighted by molar-refractivity contribution is 7.89. The van der Waals surface area contributed by atoms with Crippen LogP contribution in [0, 0.1) is 6.92 Å². The fraction of sp³-hybridized carbons (Fsp3) is 0.458. The van der Waals surface area contributed by atoms with E-state index in [2.05, 4.69) is 21.2 Å². The van der Waals surface area contributed by atoms with Gasteiger partial charge < -0.3 is 19.9 Å². The molecule has 2 aliphatic rings. The maximum Gasteiger partial charge on any atom is 0.257 e. The number of rotatable bonds is 6. The lowest BCUT2D eigenvalue weighted by molar-refractivity contribution is 0.102. The summed E-state index contributed by atoms with van der Waals surface area (Å²) in [5, 5.41) is 3.01. The summed E-state index contributed by atoms with van der Waals surface area (Å²) in [5.74, 6) is -0.329. The molecular weight excluding hydrogens is 440 g/mol. The maximum atomic E-state index is 13.4. The number of hydrogen-bond acceptors (Lipinski definition) is 6. The van der Waals surface area contributed by atoms with Crippen molar-refractivity contribution in [2.24, 2.45) is 0 Å². The molecule has 0 radical (unpaired) electrons. The average molecular weight is 473 g/mol. The molecule has 0 atom stereocenters. The summed E-state index contributed by atoms with van der Waals surface area (Å²) in [6, 6.07) is 10.8. The highest BCUT2D eigenvalue weighted by atomic mass is 32.2. The standard InChI is InChI=1S/C24H32N4O4S/c1-18-16-19(27-10-4-5-11-27)6-8-22(18)25-24(29)21-17-20(33(30,31)26(2)3)7-9-23(21)28-12-14-32-15-13-28/h6-9,16-17H,4-5,10-15H2,1-3H3,(H,25,29). The van der Waals surface area contributed by atoms with Gasteiger partial charge in [0.15, 0.2) is 0 Å². The molecule has 9 heteroatoms. The molecule has 0 spiro atoms. The van der Waals surface area contributed by atoms with Crippen LogP contribution >= 0.6 is 0 Å². The van der Waals surface area contributed by atoms with Crippen LogP contribution in [0.15, 0.2) is 41.3 Å². The molecule has 33 heavy (non-hydrogen) atoms. The summed E-state index contributed by atoms with van der Waals surface area (Å²) in [7, 11) is -0.707. The molecule has 2 aromatic carbocycles. The van der Waals surface area contributed by atoms with Crippen LogP contribution in [0.25, 0.3) is 0 Å². The number of benzene rings is 2. The van der Waals surface area contributed by atoms with Gasteiger partial charge in [-0.05, 0) is 61.7 Å². The van der Waals surface area contributed by atoms with E-state index in [9.17, 15) is 13.2 Å². The molecule has 1 N–H and O–H groups in total. The van der Waals surface area contributed by atoms with Crippen LogP contribution < -0.4 is 15.1 Å². The van der Waals surface area contributed by atoms with Gasteiger partial charge in [0.05, 0.1) is 23.7 Å². The Morgan fingerprint density at radius 3 is 2.30 bits per heavy atom. The van der Waals surface area contributed by atoms with Crippen molar-refractivity contribution in [2.45, 2.75) is 24.7 Å². The van der Waals surface area contributed by atoms with Gasteiger partial charge in [-0.15, -0.1) is 0 Å². The largest absolute Gasteiger partial charge is 0.378 e. The minimum absolute atomic E-state index is 0.0933. The second-order valence-electron chi connectivity index (χ2n) is 8.71. The van der Waals surface area contributed by atoms with Crippen LogP contribution in [0.3, 0.4) is 0 Å². The molecule has 2 aromatic rings. The summed E-state index contributed by atoms with van der Waals surface area (Å²) in [5.41, 5.74) is 3.90. The quantitative estimate of drug-likeness (QED) is 0.696. The lowest BCUT2D eigenvalue weighted by atomic mass is 10.1. The third kappa shape index (κ3) is 5.00. The molecule has 0 unspecified atom stereocenters. The van der Waals surface area contributed by atoms with E-state index in [1.807, 2.05) is 19.1 Å². The number of anilines is 3. The number of amides is 1. The first-order chi connectivity index (χ1) is 15.8. The van der Waals surface area contributed by atoms with Gasteiger partial charge >= 0.3 is 0 Å². The summed E-state index contributed by atoms with van der Waals surface area (Å²) in [4.78, 5) is 17.9. The minimum atomic E-state index is -3.67. The van der Waals surface area contributed by atoms with Gasteiger partial charge in [0, 0.05) is 57.3 Å². The van der Waals surface area contributed by atoms with Crippen LogP contribution in [0.1, 0.15) is 28.8 Å². The molecule has 0 saturated carbocycles. The highest BCUT2D eigenvalue weighted by Gasteiger charge is 2.25. The van der Waals surface area contributed by atoms with E-state index in [1.165, 1.54) is 33.0 Å². The first-order valence-electron chi connectivity index (χ1n) is 11.3. The van der Waals surface area contributed by atoms with Gasteiger partial charge in [-0.25, -0.2) is 12.7 Å². The molecule has 0 aromatic heterocycles. The lowest BCUT2D eigenvalue weighted by Gasteiger charge is -2.30. The van der Waals surface area contributed by atoms with Crippen molar-refractivity contribution in [3.05, 3.63) is 47.5 Å².